The normalized spacial score (nSPS) is 24.4. The lowest BCUT2D eigenvalue weighted by Gasteiger charge is -2.20. The van der Waals surface area contributed by atoms with E-state index in [1.807, 2.05) is 0 Å². The molecular formula is C18H20N4O3S. The Morgan fingerprint density at radius 2 is 1.77 bits per heavy atom. The first-order valence-corrected chi connectivity index (χ1v) is 10.2. The molecule has 1 aromatic heterocycles. The summed E-state index contributed by atoms with van der Waals surface area (Å²) in [6.07, 6.45) is 7.46. The third-order valence-electron chi connectivity index (χ3n) is 5.30. The number of carbonyl (C=O) groups excluding carboxylic acids is 1. The molecule has 4 rings (SSSR count). The van der Waals surface area contributed by atoms with Crippen molar-refractivity contribution in [2.45, 2.75) is 30.6 Å². The molecule has 2 N–H and O–H groups in total. The van der Waals surface area contributed by atoms with Gasteiger partial charge in [-0.05, 0) is 61.4 Å². The van der Waals surface area contributed by atoms with Crippen molar-refractivity contribution in [3.8, 4) is 0 Å². The Morgan fingerprint density at radius 1 is 1.04 bits per heavy atom. The minimum Gasteiger partial charge on any atom is -0.326 e. The average Bonchev–Trinajstić information content (AvgIpc) is 3.26. The number of fused-ring (bicyclic) bond motifs is 2. The third kappa shape index (κ3) is 3.41. The zero-order chi connectivity index (χ0) is 18.1. The number of rotatable bonds is 5. The molecule has 2 fully saturated rings. The Balaban J connectivity index is 1.42. The molecule has 136 valence electrons. The molecule has 2 bridgehead atoms. The lowest BCUT2D eigenvalue weighted by Crippen LogP contribution is -2.27. The van der Waals surface area contributed by atoms with E-state index in [1.54, 1.807) is 18.2 Å². The second-order valence-corrected chi connectivity index (χ2v) is 8.66. The van der Waals surface area contributed by atoms with Gasteiger partial charge in [0, 0.05) is 24.0 Å². The summed E-state index contributed by atoms with van der Waals surface area (Å²) in [6.45, 7) is 0. The number of nitrogens with zero attached hydrogens (tertiary/aromatic N) is 2. The van der Waals surface area contributed by atoms with Crippen LogP contribution in [0, 0.1) is 17.8 Å². The molecule has 2 aliphatic carbocycles. The van der Waals surface area contributed by atoms with Gasteiger partial charge in [0.05, 0.1) is 4.90 Å². The molecule has 3 atom stereocenters. The molecule has 0 spiro atoms. The third-order valence-corrected chi connectivity index (χ3v) is 6.64. The summed E-state index contributed by atoms with van der Waals surface area (Å²) in [6, 6.07) is 7.73. The minimum atomic E-state index is -3.77. The number of amides is 1. The number of anilines is 2. The highest BCUT2D eigenvalue weighted by molar-refractivity contribution is 7.92. The molecule has 0 radical (unpaired) electrons. The molecule has 2 aliphatic rings. The maximum atomic E-state index is 12.5. The predicted molar refractivity (Wildman–Crippen MR) is 96.9 cm³/mol. The summed E-state index contributed by atoms with van der Waals surface area (Å²) in [4.78, 5) is 20.3. The molecule has 0 aliphatic heterocycles. The van der Waals surface area contributed by atoms with Gasteiger partial charge in [-0.25, -0.2) is 23.1 Å². The molecule has 2 saturated carbocycles. The van der Waals surface area contributed by atoms with Gasteiger partial charge in [-0.3, -0.25) is 4.79 Å². The Kier molecular flexibility index (Phi) is 4.36. The maximum absolute atomic E-state index is 12.5. The lowest BCUT2D eigenvalue weighted by molar-refractivity contribution is -0.121. The Morgan fingerprint density at radius 3 is 2.38 bits per heavy atom. The van der Waals surface area contributed by atoms with Gasteiger partial charge >= 0.3 is 0 Å². The van der Waals surface area contributed by atoms with Crippen LogP contribution in [-0.2, 0) is 14.8 Å². The van der Waals surface area contributed by atoms with E-state index in [-0.39, 0.29) is 22.7 Å². The molecule has 1 heterocycles. The van der Waals surface area contributed by atoms with E-state index < -0.39 is 10.0 Å². The molecule has 0 unspecified atom stereocenters. The van der Waals surface area contributed by atoms with Crippen molar-refractivity contribution in [1.82, 2.24) is 9.97 Å². The predicted octanol–water partition coefficient (Wildman–Crippen LogP) is 2.65. The van der Waals surface area contributed by atoms with Gasteiger partial charge in [-0.1, -0.05) is 6.42 Å². The van der Waals surface area contributed by atoms with Crippen molar-refractivity contribution in [1.29, 1.82) is 0 Å². The number of hydrogen-bond acceptors (Lipinski definition) is 5. The van der Waals surface area contributed by atoms with Crippen LogP contribution in [0.25, 0.3) is 0 Å². The average molecular weight is 372 g/mol. The molecule has 8 heteroatoms. The highest BCUT2D eigenvalue weighted by Gasteiger charge is 2.43. The van der Waals surface area contributed by atoms with Crippen molar-refractivity contribution in [3.05, 3.63) is 42.7 Å². The van der Waals surface area contributed by atoms with Crippen molar-refractivity contribution < 1.29 is 13.2 Å². The van der Waals surface area contributed by atoms with Crippen molar-refractivity contribution in [2.24, 2.45) is 17.8 Å². The van der Waals surface area contributed by atoms with E-state index in [9.17, 15) is 13.2 Å². The quantitative estimate of drug-likeness (QED) is 0.840. The van der Waals surface area contributed by atoms with Gasteiger partial charge in [0.25, 0.3) is 10.0 Å². The summed E-state index contributed by atoms with van der Waals surface area (Å²) in [7, 11) is -3.77. The zero-order valence-corrected chi connectivity index (χ0v) is 14.9. The SMILES string of the molecule is O=C(Nc1ccc(S(=O)(=O)Nc2ncccn2)cc1)[C@H]1C[C@@H]2CC[C@@H]1C2. The Bertz CT molecular complexity index is 900. The minimum absolute atomic E-state index is 0.0150. The summed E-state index contributed by atoms with van der Waals surface area (Å²) in [5.74, 6) is 1.36. The number of nitrogens with one attached hydrogen (secondary N) is 2. The lowest BCUT2D eigenvalue weighted by atomic mass is 9.88. The van der Waals surface area contributed by atoms with Crippen molar-refractivity contribution in [3.63, 3.8) is 0 Å². The molecular weight excluding hydrogens is 352 g/mol. The first kappa shape index (κ1) is 17.0. The standard InChI is InChI=1S/C18H20N4O3S/c23-17(16-11-12-2-3-13(16)10-12)21-14-4-6-15(7-5-14)26(24,25)22-18-19-8-1-9-20-18/h1,4-9,12-13,16H,2-3,10-11H2,(H,21,23)(H,19,20,22)/t12-,13-,16+/m1/s1. The Hall–Kier alpha value is -2.48. The number of carbonyl (C=O) groups is 1. The van der Waals surface area contributed by atoms with Crippen LogP contribution >= 0.6 is 0 Å². The molecule has 2 aromatic rings. The van der Waals surface area contributed by atoms with E-state index in [2.05, 4.69) is 20.0 Å². The topological polar surface area (TPSA) is 101 Å². The molecule has 7 nitrogen and oxygen atoms in total. The van der Waals surface area contributed by atoms with Crippen LogP contribution in [-0.4, -0.2) is 24.3 Å². The van der Waals surface area contributed by atoms with Crippen LogP contribution in [0.1, 0.15) is 25.7 Å². The summed E-state index contributed by atoms with van der Waals surface area (Å²) < 4.78 is 27.0. The van der Waals surface area contributed by atoms with Crippen molar-refractivity contribution in [2.75, 3.05) is 10.0 Å². The van der Waals surface area contributed by atoms with Crippen LogP contribution in [0.4, 0.5) is 11.6 Å². The zero-order valence-electron chi connectivity index (χ0n) is 14.1. The van der Waals surface area contributed by atoms with Gasteiger partial charge < -0.3 is 5.32 Å². The largest absolute Gasteiger partial charge is 0.326 e. The van der Waals surface area contributed by atoms with Gasteiger partial charge in [0.15, 0.2) is 0 Å². The fourth-order valence-electron chi connectivity index (χ4n) is 4.05. The van der Waals surface area contributed by atoms with Crippen LogP contribution in [0.3, 0.4) is 0 Å². The van der Waals surface area contributed by atoms with E-state index in [0.29, 0.717) is 17.5 Å². The highest BCUT2D eigenvalue weighted by atomic mass is 32.2. The second-order valence-electron chi connectivity index (χ2n) is 6.97. The fraction of sp³-hybridized carbons (Fsp3) is 0.389. The summed E-state index contributed by atoms with van der Waals surface area (Å²) in [5, 5.41) is 2.92. The van der Waals surface area contributed by atoms with Crippen LogP contribution in [0.5, 0.6) is 0 Å². The van der Waals surface area contributed by atoms with Crippen molar-refractivity contribution >= 4 is 27.6 Å². The summed E-state index contributed by atoms with van der Waals surface area (Å²) in [5.41, 5.74) is 0.604. The van der Waals surface area contributed by atoms with E-state index in [1.165, 1.54) is 37.4 Å². The van der Waals surface area contributed by atoms with Crippen LogP contribution in [0.2, 0.25) is 0 Å². The van der Waals surface area contributed by atoms with Gasteiger partial charge in [-0.2, -0.15) is 0 Å². The number of aromatic nitrogens is 2. The van der Waals surface area contributed by atoms with Gasteiger partial charge in [0.1, 0.15) is 0 Å². The number of hydrogen-bond donors (Lipinski definition) is 2. The Labute approximate surface area is 152 Å². The molecule has 26 heavy (non-hydrogen) atoms. The van der Waals surface area contributed by atoms with Gasteiger partial charge in [-0.15, -0.1) is 0 Å². The number of sulfonamides is 1. The molecule has 1 amide bonds. The maximum Gasteiger partial charge on any atom is 0.264 e. The first-order valence-electron chi connectivity index (χ1n) is 8.72. The smallest absolute Gasteiger partial charge is 0.264 e. The van der Waals surface area contributed by atoms with E-state index in [0.717, 1.165) is 12.8 Å². The monoisotopic (exact) mass is 372 g/mol. The summed E-state index contributed by atoms with van der Waals surface area (Å²) >= 11 is 0. The van der Waals surface area contributed by atoms with Crippen LogP contribution < -0.4 is 10.0 Å². The van der Waals surface area contributed by atoms with Crippen LogP contribution in [0.15, 0.2) is 47.6 Å². The second kappa shape index (κ2) is 6.68. The molecule has 0 saturated heterocycles. The highest BCUT2D eigenvalue weighted by Crippen LogP contribution is 2.48. The van der Waals surface area contributed by atoms with E-state index in [4.69, 9.17) is 0 Å². The first-order chi connectivity index (χ1) is 12.5. The van der Waals surface area contributed by atoms with Gasteiger partial charge in [0.2, 0.25) is 11.9 Å². The number of benzene rings is 1. The fourth-order valence-corrected chi connectivity index (χ4v) is 5.01. The molecule has 1 aromatic carbocycles. The van der Waals surface area contributed by atoms with E-state index >= 15 is 0 Å².